The number of nitrogens with zero attached hydrogens (tertiary/aromatic N) is 1. The molecule has 2 aromatic carbocycles. The Morgan fingerprint density at radius 3 is 2.18 bits per heavy atom. The summed E-state index contributed by atoms with van der Waals surface area (Å²) in [5.41, 5.74) is 0.465. The van der Waals surface area contributed by atoms with Crippen molar-refractivity contribution in [2.24, 2.45) is 5.92 Å². The number of benzene rings is 2. The molecular formula is C27H27F4N3O3S. The van der Waals surface area contributed by atoms with Crippen molar-refractivity contribution in [1.29, 1.82) is 0 Å². The van der Waals surface area contributed by atoms with Gasteiger partial charge in [-0.3, -0.25) is 9.78 Å². The summed E-state index contributed by atoms with van der Waals surface area (Å²) in [7, 11) is -3.86. The summed E-state index contributed by atoms with van der Waals surface area (Å²) in [6, 6.07) is 13.2. The zero-order valence-corrected chi connectivity index (χ0v) is 21.3. The van der Waals surface area contributed by atoms with Crippen LogP contribution in [0.25, 0.3) is 11.1 Å². The lowest BCUT2D eigenvalue weighted by molar-refractivity contribution is -0.141. The van der Waals surface area contributed by atoms with Crippen LogP contribution in [0.4, 0.5) is 17.6 Å². The largest absolute Gasteiger partial charge is 0.433 e. The highest BCUT2D eigenvalue weighted by Crippen LogP contribution is 2.31. The monoisotopic (exact) mass is 549 g/mol. The van der Waals surface area contributed by atoms with Gasteiger partial charge in [-0.2, -0.15) is 13.2 Å². The molecule has 4 rings (SSSR count). The summed E-state index contributed by atoms with van der Waals surface area (Å²) in [6.45, 7) is 1.82. The van der Waals surface area contributed by atoms with Gasteiger partial charge in [0.25, 0.3) is 0 Å². The fourth-order valence-corrected chi connectivity index (χ4v) is 5.82. The fraction of sp³-hybridized carbons (Fsp3) is 0.333. The molecule has 0 saturated heterocycles. The minimum Gasteiger partial charge on any atom is -0.349 e. The summed E-state index contributed by atoms with van der Waals surface area (Å²) >= 11 is 0. The zero-order chi connectivity index (χ0) is 27.5. The molecule has 1 aliphatic rings. The number of carbonyl (C=O) groups is 1. The third kappa shape index (κ3) is 6.76. The molecular weight excluding hydrogens is 522 g/mol. The molecule has 202 valence electrons. The molecule has 1 aromatic heterocycles. The van der Waals surface area contributed by atoms with Gasteiger partial charge in [-0.15, -0.1) is 0 Å². The maximum absolute atomic E-state index is 13.1. The number of hydrogen-bond donors (Lipinski definition) is 2. The molecule has 3 aromatic rings. The minimum atomic E-state index is -4.58. The summed E-state index contributed by atoms with van der Waals surface area (Å²) < 4.78 is 80.5. The zero-order valence-electron chi connectivity index (χ0n) is 20.5. The average Bonchev–Trinajstić information content (AvgIpc) is 2.89. The molecule has 2 N–H and O–H groups in total. The summed E-state index contributed by atoms with van der Waals surface area (Å²) in [5.74, 6) is -0.722. The van der Waals surface area contributed by atoms with Crippen LogP contribution in [-0.2, 0) is 21.0 Å². The van der Waals surface area contributed by atoms with Crippen molar-refractivity contribution in [3.05, 3.63) is 83.9 Å². The molecule has 1 heterocycles. The number of amides is 1. The van der Waals surface area contributed by atoms with Crippen LogP contribution in [0.1, 0.15) is 49.9 Å². The predicted octanol–water partition coefficient (Wildman–Crippen LogP) is 5.62. The van der Waals surface area contributed by atoms with E-state index in [4.69, 9.17) is 0 Å². The topological polar surface area (TPSA) is 88.2 Å². The Balaban J connectivity index is 1.32. The maximum atomic E-state index is 13.1. The standard InChI is InChI=1S/C27H27F4N3O3S/c1-17(18-2-8-22(28)9-3-18)33-26(35)20-4-10-23(11-5-20)34-38(36,37)24-12-6-19(7-13-24)21-14-15-32-25(16-21)27(29,30)31/h2-3,6-9,12-17,20,23,34H,4-5,10-11H2,1H3,(H,33,35)/t17-,20-,23-/m1/s1. The van der Waals surface area contributed by atoms with Crippen molar-refractivity contribution < 1.29 is 30.8 Å². The number of rotatable bonds is 7. The van der Waals surface area contributed by atoms with Gasteiger partial charge in [0.2, 0.25) is 15.9 Å². The number of aromatic nitrogens is 1. The highest BCUT2D eigenvalue weighted by Gasteiger charge is 2.33. The first-order valence-corrected chi connectivity index (χ1v) is 13.6. The van der Waals surface area contributed by atoms with Crippen LogP contribution in [0.2, 0.25) is 0 Å². The molecule has 6 nitrogen and oxygen atoms in total. The van der Waals surface area contributed by atoms with Crippen molar-refractivity contribution in [2.45, 2.75) is 55.8 Å². The molecule has 11 heteroatoms. The van der Waals surface area contributed by atoms with E-state index in [1.165, 1.54) is 42.5 Å². The van der Waals surface area contributed by atoms with Crippen molar-refractivity contribution in [3.63, 3.8) is 0 Å². The van der Waals surface area contributed by atoms with E-state index in [0.29, 0.717) is 31.2 Å². The van der Waals surface area contributed by atoms with E-state index in [-0.39, 0.29) is 40.2 Å². The van der Waals surface area contributed by atoms with Gasteiger partial charge in [-0.1, -0.05) is 24.3 Å². The third-order valence-corrected chi connectivity index (χ3v) is 8.23. The Kier molecular flexibility index (Phi) is 8.17. The Bertz CT molecular complexity index is 1370. The van der Waals surface area contributed by atoms with Gasteiger partial charge in [0.1, 0.15) is 11.5 Å². The first-order chi connectivity index (χ1) is 17.9. The van der Waals surface area contributed by atoms with E-state index < -0.39 is 21.9 Å². The molecule has 1 fully saturated rings. The maximum Gasteiger partial charge on any atom is 0.433 e. The van der Waals surface area contributed by atoms with Crippen molar-refractivity contribution in [2.75, 3.05) is 0 Å². The van der Waals surface area contributed by atoms with Crippen LogP contribution in [-0.4, -0.2) is 25.4 Å². The van der Waals surface area contributed by atoms with E-state index >= 15 is 0 Å². The smallest absolute Gasteiger partial charge is 0.349 e. The van der Waals surface area contributed by atoms with Crippen LogP contribution >= 0.6 is 0 Å². The molecule has 0 unspecified atom stereocenters. The molecule has 0 aliphatic heterocycles. The van der Waals surface area contributed by atoms with Crippen LogP contribution in [0.5, 0.6) is 0 Å². The predicted molar refractivity (Wildman–Crippen MR) is 134 cm³/mol. The van der Waals surface area contributed by atoms with Gasteiger partial charge in [0.15, 0.2) is 0 Å². The molecule has 1 atom stereocenters. The lowest BCUT2D eigenvalue weighted by atomic mass is 9.85. The van der Waals surface area contributed by atoms with Crippen molar-refractivity contribution in [1.82, 2.24) is 15.0 Å². The second-order valence-electron chi connectivity index (χ2n) is 9.40. The van der Waals surface area contributed by atoms with Gasteiger partial charge in [0.05, 0.1) is 10.9 Å². The number of pyridine rings is 1. The first-order valence-electron chi connectivity index (χ1n) is 12.1. The Hall–Kier alpha value is -3.31. The minimum absolute atomic E-state index is 0.000611. The van der Waals surface area contributed by atoms with Crippen LogP contribution in [0, 0.1) is 11.7 Å². The second kappa shape index (κ2) is 11.2. The number of carbonyl (C=O) groups excluding carboxylic acids is 1. The molecule has 1 saturated carbocycles. The quantitative estimate of drug-likeness (QED) is 0.375. The Labute approximate surface area is 218 Å². The lowest BCUT2D eigenvalue weighted by Gasteiger charge is -2.29. The third-order valence-electron chi connectivity index (χ3n) is 6.70. The van der Waals surface area contributed by atoms with Crippen molar-refractivity contribution in [3.8, 4) is 11.1 Å². The number of alkyl halides is 3. The van der Waals surface area contributed by atoms with Gasteiger partial charge >= 0.3 is 6.18 Å². The number of halogens is 4. The van der Waals surface area contributed by atoms with Crippen LogP contribution in [0.15, 0.2) is 71.8 Å². The molecule has 38 heavy (non-hydrogen) atoms. The molecule has 1 aliphatic carbocycles. The average molecular weight is 550 g/mol. The molecule has 0 radical (unpaired) electrons. The lowest BCUT2D eigenvalue weighted by Crippen LogP contribution is -2.41. The van der Waals surface area contributed by atoms with E-state index in [2.05, 4.69) is 15.0 Å². The van der Waals surface area contributed by atoms with Crippen LogP contribution in [0.3, 0.4) is 0 Å². The SMILES string of the molecule is C[C@@H](NC(=O)[C@H]1CC[C@H](NS(=O)(=O)c2ccc(-c3ccnc(C(F)(F)F)c3)cc2)CC1)c1ccc(F)cc1. The van der Waals surface area contributed by atoms with E-state index in [0.717, 1.165) is 17.8 Å². The number of nitrogens with one attached hydrogen (secondary N) is 2. The van der Waals surface area contributed by atoms with Crippen LogP contribution < -0.4 is 10.0 Å². The first kappa shape index (κ1) is 27.7. The van der Waals surface area contributed by atoms with E-state index in [9.17, 15) is 30.8 Å². The number of hydrogen-bond acceptors (Lipinski definition) is 4. The van der Waals surface area contributed by atoms with E-state index in [1.54, 1.807) is 12.1 Å². The van der Waals surface area contributed by atoms with Gasteiger partial charge in [-0.25, -0.2) is 17.5 Å². The highest BCUT2D eigenvalue weighted by atomic mass is 32.2. The normalized spacial score (nSPS) is 19.1. The van der Waals surface area contributed by atoms with Gasteiger partial charge < -0.3 is 5.32 Å². The van der Waals surface area contributed by atoms with E-state index in [1.807, 2.05) is 6.92 Å². The Morgan fingerprint density at radius 2 is 1.58 bits per heavy atom. The molecule has 1 amide bonds. The van der Waals surface area contributed by atoms with Gasteiger partial charge in [-0.05, 0) is 85.7 Å². The summed E-state index contributed by atoms with van der Waals surface area (Å²) in [6.07, 6.45) is -1.53. The summed E-state index contributed by atoms with van der Waals surface area (Å²) in [5, 5.41) is 2.94. The highest BCUT2D eigenvalue weighted by molar-refractivity contribution is 7.89. The molecule has 0 spiro atoms. The Morgan fingerprint density at radius 1 is 0.947 bits per heavy atom. The van der Waals surface area contributed by atoms with Crippen molar-refractivity contribution >= 4 is 15.9 Å². The number of sulfonamides is 1. The second-order valence-corrected chi connectivity index (χ2v) is 11.1. The molecule has 0 bridgehead atoms. The summed E-state index contributed by atoms with van der Waals surface area (Å²) in [4.78, 5) is 16.0. The van der Waals surface area contributed by atoms with Gasteiger partial charge in [0, 0.05) is 18.2 Å². The fourth-order valence-electron chi connectivity index (χ4n) is 4.52.